The molecule has 0 unspecified atom stereocenters. The zero-order valence-electron chi connectivity index (χ0n) is 13.1. The summed E-state index contributed by atoms with van der Waals surface area (Å²) >= 11 is 5.83. The smallest absolute Gasteiger partial charge is 0.251 e. The summed E-state index contributed by atoms with van der Waals surface area (Å²) in [6.45, 7) is 2.75. The van der Waals surface area contributed by atoms with Crippen LogP contribution in [-0.4, -0.2) is 25.5 Å². The SMILES string of the molecule is O=C(NCCCN1CCCc2ccccc21)c1ccc(Cl)cc1. The van der Waals surface area contributed by atoms with E-state index < -0.39 is 0 Å². The molecule has 1 heterocycles. The Hall–Kier alpha value is -2.00. The Morgan fingerprint density at radius 3 is 2.74 bits per heavy atom. The zero-order chi connectivity index (χ0) is 16.1. The molecule has 0 spiro atoms. The first-order valence-electron chi connectivity index (χ1n) is 8.10. The maximum atomic E-state index is 12.0. The van der Waals surface area contributed by atoms with Gasteiger partial charge in [-0.25, -0.2) is 0 Å². The van der Waals surface area contributed by atoms with Crippen LogP contribution in [0.2, 0.25) is 5.02 Å². The molecule has 1 amide bonds. The van der Waals surface area contributed by atoms with Crippen molar-refractivity contribution in [2.45, 2.75) is 19.3 Å². The van der Waals surface area contributed by atoms with E-state index in [1.54, 1.807) is 24.3 Å². The van der Waals surface area contributed by atoms with Crippen LogP contribution < -0.4 is 10.2 Å². The lowest BCUT2D eigenvalue weighted by molar-refractivity contribution is 0.0953. The topological polar surface area (TPSA) is 32.3 Å². The van der Waals surface area contributed by atoms with Gasteiger partial charge in [-0.3, -0.25) is 4.79 Å². The van der Waals surface area contributed by atoms with Crippen LogP contribution in [0.5, 0.6) is 0 Å². The number of carbonyl (C=O) groups is 1. The van der Waals surface area contributed by atoms with E-state index in [0.29, 0.717) is 17.1 Å². The number of carbonyl (C=O) groups excluding carboxylic acids is 1. The lowest BCUT2D eigenvalue weighted by atomic mass is 10.0. The highest BCUT2D eigenvalue weighted by Gasteiger charge is 2.15. The molecule has 0 fully saturated rings. The highest BCUT2D eigenvalue weighted by Crippen LogP contribution is 2.26. The number of fused-ring (bicyclic) bond motifs is 1. The van der Waals surface area contributed by atoms with Crippen LogP contribution in [0.1, 0.15) is 28.8 Å². The van der Waals surface area contributed by atoms with Crippen molar-refractivity contribution in [3.05, 3.63) is 64.7 Å². The molecule has 0 saturated carbocycles. The monoisotopic (exact) mass is 328 g/mol. The van der Waals surface area contributed by atoms with Gasteiger partial charge in [-0.1, -0.05) is 29.8 Å². The lowest BCUT2D eigenvalue weighted by Crippen LogP contribution is -2.33. The standard InChI is InChI=1S/C19H21ClN2O/c20-17-10-8-16(9-11-17)19(23)21-12-4-14-22-13-3-6-15-5-1-2-7-18(15)22/h1-2,5,7-11H,3-4,6,12-14H2,(H,21,23). The summed E-state index contributed by atoms with van der Waals surface area (Å²) in [5.74, 6) is -0.0410. The van der Waals surface area contributed by atoms with Gasteiger partial charge in [-0.2, -0.15) is 0 Å². The third kappa shape index (κ3) is 4.05. The highest BCUT2D eigenvalue weighted by atomic mass is 35.5. The molecule has 3 nitrogen and oxygen atoms in total. The van der Waals surface area contributed by atoms with Crippen LogP contribution in [0.25, 0.3) is 0 Å². The van der Waals surface area contributed by atoms with E-state index in [0.717, 1.165) is 19.5 Å². The van der Waals surface area contributed by atoms with Crippen LogP contribution in [-0.2, 0) is 6.42 Å². The zero-order valence-corrected chi connectivity index (χ0v) is 13.9. The molecule has 4 heteroatoms. The molecule has 120 valence electrons. The van der Waals surface area contributed by atoms with Crippen molar-refractivity contribution in [3.8, 4) is 0 Å². The van der Waals surface area contributed by atoms with Gasteiger partial charge in [0.25, 0.3) is 5.91 Å². The number of para-hydroxylation sites is 1. The van der Waals surface area contributed by atoms with Crippen LogP contribution in [0.3, 0.4) is 0 Å². The summed E-state index contributed by atoms with van der Waals surface area (Å²) in [4.78, 5) is 14.5. The molecule has 1 N–H and O–H groups in total. The third-order valence-electron chi connectivity index (χ3n) is 4.20. The molecule has 1 aliphatic heterocycles. The summed E-state index contributed by atoms with van der Waals surface area (Å²) in [5, 5.41) is 3.62. The van der Waals surface area contributed by atoms with Gasteiger partial charge in [-0.05, 0) is 55.2 Å². The second-order valence-corrected chi connectivity index (χ2v) is 6.27. The van der Waals surface area contributed by atoms with Crippen molar-refractivity contribution >= 4 is 23.2 Å². The number of rotatable bonds is 5. The van der Waals surface area contributed by atoms with Crippen molar-refractivity contribution in [1.29, 1.82) is 0 Å². The summed E-state index contributed by atoms with van der Waals surface area (Å²) in [5.41, 5.74) is 3.43. The molecular weight excluding hydrogens is 308 g/mol. The Balaban J connectivity index is 1.47. The third-order valence-corrected chi connectivity index (χ3v) is 4.46. The minimum Gasteiger partial charge on any atom is -0.371 e. The number of nitrogens with zero attached hydrogens (tertiary/aromatic N) is 1. The molecule has 0 radical (unpaired) electrons. The van der Waals surface area contributed by atoms with Crippen molar-refractivity contribution in [2.75, 3.05) is 24.5 Å². The average Bonchev–Trinajstić information content (AvgIpc) is 2.59. The molecule has 2 aromatic rings. The lowest BCUT2D eigenvalue weighted by Gasteiger charge is -2.31. The Morgan fingerprint density at radius 1 is 1.13 bits per heavy atom. The minimum absolute atomic E-state index is 0.0410. The van der Waals surface area contributed by atoms with Crippen molar-refractivity contribution in [1.82, 2.24) is 5.32 Å². The summed E-state index contributed by atoms with van der Waals surface area (Å²) < 4.78 is 0. The summed E-state index contributed by atoms with van der Waals surface area (Å²) in [6.07, 6.45) is 3.31. The maximum absolute atomic E-state index is 12.0. The number of aryl methyl sites for hydroxylation is 1. The van der Waals surface area contributed by atoms with Crippen LogP contribution in [0.15, 0.2) is 48.5 Å². The van der Waals surface area contributed by atoms with E-state index in [-0.39, 0.29) is 5.91 Å². The second-order valence-electron chi connectivity index (χ2n) is 5.84. The Kier molecular flexibility index (Phi) is 5.19. The minimum atomic E-state index is -0.0410. The molecule has 0 saturated heterocycles. The second kappa shape index (κ2) is 7.51. The Labute approximate surface area is 142 Å². The fourth-order valence-corrected chi connectivity index (χ4v) is 3.14. The van der Waals surface area contributed by atoms with Crippen LogP contribution in [0, 0.1) is 0 Å². The van der Waals surface area contributed by atoms with Gasteiger partial charge >= 0.3 is 0 Å². The fraction of sp³-hybridized carbons (Fsp3) is 0.316. The van der Waals surface area contributed by atoms with Crippen LogP contribution in [0.4, 0.5) is 5.69 Å². The average molecular weight is 329 g/mol. The molecule has 3 rings (SSSR count). The van der Waals surface area contributed by atoms with E-state index in [2.05, 4.69) is 34.5 Å². The predicted octanol–water partition coefficient (Wildman–Crippen LogP) is 3.91. The number of nitrogens with one attached hydrogen (secondary N) is 1. The van der Waals surface area contributed by atoms with E-state index in [1.165, 1.54) is 24.1 Å². The van der Waals surface area contributed by atoms with Gasteiger partial charge in [0.15, 0.2) is 0 Å². The van der Waals surface area contributed by atoms with Crippen molar-refractivity contribution in [3.63, 3.8) is 0 Å². The molecule has 2 aromatic carbocycles. The first-order chi connectivity index (χ1) is 11.2. The molecule has 0 aromatic heterocycles. The van der Waals surface area contributed by atoms with Gasteiger partial charge in [0, 0.05) is 35.9 Å². The summed E-state index contributed by atoms with van der Waals surface area (Å²) in [7, 11) is 0. The van der Waals surface area contributed by atoms with Gasteiger partial charge in [0.2, 0.25) is 0 Å². The predicted molar refractivity (Wildman–Crippen MR) is 95.4 cm³/mol. The van der Waals surface area contributed by atoms with Gasteiger partial charge < -0.3 is 10.2 Å². The quantitative estimate of drug-likeness (QED) is 0.844. The van der Waals surface area contributed by atoms with Crippen molar-refractivity contribution in [2.24, 2.45) is 0 Å². The number of hydrogen-bond acceptors (Lipinski definition) is 2. The van der Waals surface area contributed by atoms with E-state index in [4.69, 9.17) is 11.6 Å². The summed E-state index contributed by atoms with van der Waals surface area (Å²) in [6, 6.07) is 15.6. The van der Waals surface area contributed by atoms with Crippen LogP contribution >= 0.6 is 11.6 Å². The molecule has 0 bridgehead atoms. The van der Waals surface area contributed by atoms with Gasteiger partial charge in [0.1, 0.15) is 0 Å². The van der Waals surface area contributed by atoms with E-state index >= 15 is 0 Å². The van der Waals surface area contributed by atoms with E-state index in [9.17, 15) is 4.79 Å². The molecule has 1 aliphatic rings. The number of anilines is 1. The maximum Gasteiger partial charge on any atom is 0.251 e. The van der Waals surface area contributed by atoms with E-state index in [1.807, 2.05) is 0 Å². The Bertz CT molecular complexity index is 669. The molecule has 23 heavy (non-hydrogen) atoms. The van der Waals surface area contributed by atoms with Gasteiger partial charge in [0.05, 0.1) is 0 Å². The first kappa shape index (κ1) is 15.9. The molecule has 0 atom stereocenters. The van der Waals surface area contributed by atoms with Crippen molar-refractivity contribution < 1.29 is 4.79 Å². The number of halogens is 1. The molecular formula is C19H21ClN2O. The normalized spacial score (nSPS) is 13.5. The number of amides is 1. The fourth-order valence-electron chi connectivity index (χ4n) is 3.02. The van der Waals surface area contributed by atoms with Gasteiger partial charge in [-0.15, -0.1) is 0 Å². The molecule has 0 aliphatic carbocycles. The highest BCUT2D eigenvalue weighted by molar-refractivity contribution is 6.30. The Morgan fingerprint density at radius 2 is 1.91 bits per heavy atom. The number of benzene rings is 2. The largest absolute Gasteiger partial charge is 0.371 e. The number of hydrogen-bond donors (Lipinski definition) is 1. The first-order valence-corrected chi connectivity index (χ1v) is 8.48.